The maximum Gasteiger partial charge on any atom is 0.305 e. The number of piperidine rings is 1. The Morgan fingerprint density at radius 2 is 1.83 bits per heavy atom. The molecule has 1 saturated heterocycles. The number of aromatic nitrogens is 1. The molecule has 2 heterocycles. The van der Waals surface area contributed by atoms with Crippen molar-refractivity contribution in [2.75, 3.05) is 34.4 Å². The van der Waals surface area contributed by atoms with Crippen LogP contribution in [0.25, 0.3) is 10.6 Å². The minimum atomic E-state index is -0.187. The molecule has 7 nitrogen and oxygen atoms in total. The Morgan fingerprint density at radius 3 is 2.45 bits per heavy atom. The fourth-order valence-corrected chi connectivity index (χ4v) is 4.52. The SMILES string of the molecule is COC(=O)CC1CCN(C(=O)c2sc(-c3ccc(OC)c(OC)c3)nc2C)CC1. The third-order valence-corrected chi connectivity index (χ3v) is 6.40. The van der Waals surface area contributed by atoms with Crippen LogP contribution in [0, 0.1) is 12.8 Å². The van der Waals surface area contributed by atoms with Gasteiger partial charge in [-0.3, -0.25) is 9.59 Å². The molecular weight excluding hydrogens is 392 g/mol. The lowest BCUT2D eigenvalue weighted by molar-refractivity contribution is -0.142. The minimum absolute atomic E-state index is 0.00300. The average Bonchev–Trinajstić information content (AvgIpc) is 3.14. The maximum absolute atomic E-state index is 13.0. The predicted octanol–water partition coefficient (Wildman–Crippen LogP) is 3.55. The number of amides is 1. The van der Waals surface area contributed by atoms with Crippen molar-refractivity contribution in [1.29, 1.82) is 0 Å². The third kappa shape index (κ3) is 4.70. The van der Waals surface area contributed by atoms with Gasteiger partial charge in [-0.05, 0) is 43.9 Å². The molecule has 1 aromatic carbocycles. The summed E-state index contributed by atoms with van der Waals surface area (Å²) < 4.78 is 15.4. The number of methoxy groups -OCH3 is 3. The van der Waals surface area contributed by atoms with Crippen LogP contribution in [0.4, 0.5) is 0 Å². The van der Waals surface area contributed by atoms with E-state index < -0.39 is 0 Å². The van der Waals surface area contributed by atoms with Crippen LogP contribution in [0.15, 0.2) is 18.2 Å². The molecule has 1 aliphatic rings. The van der Waals surface area contributed by atoms with Crippen molar-refractivity contribution in [2.45, 2.75) is 26.2 Å². The number of esters is 1. The van der Waals surface area contributed by atoms with E-state index in [1.54, 1.807) is 14.2 Å². The smallest absolute Gasteiger partial charge is 0.305 e. The van der Waals surface area contributed by atoms with Crippen LogP contribution in [0.2, 0.25) is 0 Å². The molecule has 0 aliphatic carbocycles. The molecule has 1 aliphatic heterocycles. The maximum atomic E-state index is 13.0. The number of hydrogen-bond donors (Lipinski definition) is 0. The van der Waals surface area contributed by atoms with Crippen molar-refractivity contribution >= 4 is 23.2 Å². The number of aryl methyl sites for hydroxylation is 1. The highest BCUT2D eigenvalue weighted by molar-refractivity contribution is 7.17. The van der Waals surface area contributed by atoms with Gasteiger partial charge in [-0.2, -0.15) is 0 Å². The topological polar surface area (TPSA) is 78.0 Å². The van der Waals surface area contributed by atoms with E-state index in [-0.39, 0.29) is 17.8 Å². The first-order valence-electron chi connectivity index (χ1n) is 9.52. The summed E-state index contributed by atoms with van der Waals surface area (Å²) in [6, 6.07) is 5.61. The molecule has 3 rings (SSSR count). The van der Waals surface area contributed by atoms with Gasteiger partial charge in [-0.1, -0.05) is 0 Å². The normalized spacial score (nSPS) is 14.6. The summed E-state index contributed by atoms with van der Waals surface area (Å²) in [7, 11) is 4.59. The van der Waals surface area contributed by atoms with Crippen molar-refractivity contribution in [2.24, 2.45) is 5.92 Å². The summed E-state index contributed by atoms with van der Waals surface area (Å²) in [5, 5.41) is 0.771. The second-order valence-corrected chi connectivity index (χ2v) is 8.02. The number of benzene rings is 1. The van der Waals surface area contributed by atoms with E-state index >= 15 is 0 Å². The van der Waals surface area contributed by atoms with Gasteiger partial charge in [0.2, 0.25) is 0 Å². The van der Waals surface area contributed by atoms with Crippen molar-refractivity contribution in [3.8, 4) is 22.1 Å². The molecule has 1 fully saturated rings. The number of hydrogen-bond acceptors (Lipinski definition) is 7. The van der Waals surface area contributed by atoms with Gasteiger partial charge >= 0.3 is 5.97 Å². The summed E-state index contributed by atoms with van der Waals surface area (Å²) in [5.41, 5.74) is 1.60. The molecule has 0 spiro atoms. The Labute approximate surface area is 174 Å². The molecule has 8 heteroatoms. The lowest BCUT2D eigenvalue weighted by Gasteiger charge is -2.31. The summed E-state index contributed by atoms with van der Waals surface area (Å²) in [4.78, 5) is 31.6. The highest BCUT2D eigenvalue weighted by atomic mass is 32.1. The van der Waals surface area contributed by atoms with Crippen molar-refractivity contribution in [3.05, 3.63) is 28.8 Å². The second kappa shape index (κ2) is 9.26. The monoisotopic (exact) mass is 418 g/mol. The lowest BCUT2D eigenvalue weighted by atomic mass is 9.93. The van der Waals surface area contributed by atoms with E-state index in [2.05, 4.69) is 4.98 Å². The number of nitrogens with zero attached hydrogens (tertiary/aromatic N) is 2. The van der Waals surface area contributed by atoms with Crippen LogP contribution in [0.1, 0.15) is 34.6 Å². The van der Waals surface area contributed by atoms with Gasteiger partial charge < -0.3 is 19.1 Å². The molecule has 2 aromatic rings. The Kier molecular flexibility index (Phi) is 6.74. The van der Waals surface area contributed by atoms with Gasteiger partial charge in [0.05, 0.1) is 27.0 Å². The van der Waals surface area contributed by atoms with E-state index in [4.69, 9.17) is 14.2 Å². The van der Waals surface area contributed by atoms with Crippen molar-refractivity contribution in [1.82, 2.24) is 9.88 Å². The molecule has 1 aromatic heterocycles. The van der Waals surface area contributed by atoms with Gasteiger partial charge in [0.15, 0.2) is 11.5 Å². The molecule has 0 N–H and O–H groups in total. The van der Waals surface area contributed by atoms with E-state index in [0.717, 1.165) is 29.1 Å². The van der Waals surface area contributed by atoms with Crippen LogP contribution in [0.5, 0.6) is 11.5 Å². The summed E-state index contributed by atoms with van der Waals surface area (Å²) in [6.07, 6.45) is 2.03. The van der Waals surface area contributed by atoms with Crippen LogP contribution < -0.4 is 9.47 Å². The zero-order valence-electron chi connectivity index (χ0n) is 17.2. The van der Waals surface area contributed by atoms with Crippen LogP contribution in [0.3, 0.4) is 0 Å². The largest absolute Gasteiger partial charge is 0.493 e. The Balaban J connectivity index is 1.72. The Hall–Kier alpha value is -2.61. The number of likely N-dealkylation sites (tertiary alicyclic amines) is 1. The van der Waals surface area contributed by atoms with E-state index in [9.17, 15) is 9.59 Å². The molecule has 0 atom stereocenters. The summed E-state index contributed by atoms with van der Waals surface area (Å²) in [5.74, 6) is 1.36. The molecule has 1 amide bonds. The fraction of sp³-hybridized carbons (Fsp3) is 0.476. The highest BCUT2D eigenvalue weighted by Gasteiger charge is 2.28. The zero-order chi connectivity index (χ0) is 21.0. The first-order valence-corrected chi connectivity index (χ1v) is 10.3. The van der Waals surface area contributed by atoms with Gasteiger partial charge in [0.1, 0.15) is 9.88 Å². The number of rotatable bonds is 6. The number of ether oxygens (including phenoxy) is 3. The Morgan fingerprint density at radius 1 is 1.14 bits per heavy atom. The molecule has 0 unspecified atom stereocenters. The second-order valence-electron chi connectivity index (χ2n) is 7.02. The number of thiazole rings is 1. The van der Waals surface area contributed by atoms with Crippen molar-refractivity contribution < 1.29 is 23.8 Å². The van der Waals surface area contributed by atoms with E-state index in [1.165, 1.54) is 18.4 Å². The van der Waals surface area contributed by atoms with Crippen molar-refractivity contribution in [3.63, 3.8) is 0 Å². The molecular formula is C21H26N2O5S. The van der Waals surface area contributed by atoms with Crippen LogP contribution in [-0.2, 0) is 9.53 Å². The fourth-order valence-electron chi connectivity index (χ4n) is 3.49. The first kappa shape index (κ1) is 21.1. The molecule has 156 valence electrons. The minimum Gasteiger partial charge on any atom is -0.493 e. The standard InChI is InChI=1S/C21H26N2O5S/c1-13-19(21(25)23-9-7-14(8-10-23)11-18(24)28-4)29-20(22-13)15-5-6-16(26-2)17(12-15)27-3/h5-6,12,14H,7-11H2,1-4H3. The van der Waals surface area contributed by atoms with Crippen LogP contribution >= 0.6 is 11.3 Å². The molecule has 29 heavy (non-hydrogen) atoms. The van der Waals surface area contributed by atoms with Gasteiger partial charge in [-0.25, -0.2) is 4.98 Å². The summed E-state index contributed by atoms with van der Waals surface area (Å²) >= 11 is 1.39. The lowest BCUT2D eigenvalue weighted by Crippen LogP contribution is -2.38. The average molecular weight is 419 g/mol. The van der Waals surface area contributed by atoms with E-state index in [0.29, 0.717) is 35.9 Å². The van der Waals surface area contributed by atoms with Gasteiger partial charge in [-0.15, -0.1) is 11.3 Å². The van der Waals surface area contributed by atoms with Gasteiger partial charge in [0, 0.05) is 25.1 Å². The quantitative estimate of drug-likeness (QED) is 0.668. The van der Waals surface area contributed by atoms with Crippen LogP contribution in [-0.4, -0.2) is 56.2 Å². The highest BCUT2D eigenvalue weighted by Crippen LogP contribution is 2.35. The predicted molar refractivity (Wildman–Crippen MR) is 111 cm³/mol. The first-order chi connectivity index (χ1) is 14.0. The third-order valence-electron chi connectivity index (χ3n) is 5.21. The Bertz CT molecular complexity index is 887. The molecule has 0 bridgehead atoms. The number of carbonyl (C=O) groups excluding carboxylic acids is 2. The summed E-state index contributed by atoms with van der Waals surface area (Å²) in [6.45, 7) is 3.14. The van der Waals surface area contributed by atoms with E-state index in [1.807, 2.05) is 30.0 Å². The molecule has 0 radical (unpaired) electrons. The van der Waals surface area contributed by atoms with Gasteiger partial charge in [0.25, 0.3) is 5.91 Å². The number of carbonyl (C=O) groups is 2. The zero-order valence-corrected chi connectivity index (χ0v) is 18.0. The molecule has 0 saturated carbocycles.